The predicted molar refractivity (Wildman–Crippen MR) is 40.2 cm³/mol. The molecule has 0 saturated carbocycles. The lowest BCUT2D eigenvalue weighted by atomic mass is 10.3. The topological polar surface area (TPSA) is 99.0 Å². The third-order valence-electron chi connectivity index (χ3n) is 1.04. The summed E-state index contributed by atoms with van der Waals surface area (Å²) in [6.07, 6.45) is 1.08. The van der Waals surface area contributed by atoms with Crippen LogP contribution in [-0.4, -0.2) is 34.9 Å². The lowest BCUT2D eigenvalue weighted by molar-refractivity contribution is -0.137. The van der Waals surface area contributed by atoms with E-state index < -0.39 is 11.9 Å². The number of hydrogen-bond acceptors (Lipinski definition) is 4. The molecule has 0 heterocycles. The van der Waals surface area contributed by atoms with Crippen LogP contribution in [0, 0.1) is 0 Å². The summed E-state index contributed by atoms with van der Waals surface area (Å²) < 4.78 is 0. The maximum absolute atomic E-state index is 10.5. The molecule has 0 bridgehead atoms. The van der Waals surface area contributed by atoms with E-state index in [1.54, 1.807) is 0 Å². The van der Waals surface area contributed by atoms with Gasteiger partial charge in [0, 0.05) is 13.0 Å². The molecule has 0 aliphatic heterocycles. The van der Waals surface area contributed by atoms with Crippen LogP contribution >= 0.6 is 0 Å². The van der Waals surface area contributed by atoms with Crippen LogP contribution in [0.1, 0.15) is 12.8 Å². The third-order valence-corrected chi connectivity index (χ3v) is 1.04. The van der Waals surface area contributed by atoms with E-state index in [1.165, 1.54) is 0 Å². The summed E-state index contributed by atoms with van der Waals surface area (Å²) in [4.78, 5) is 20.5. The van der Waals surface area contributed by atoms with Crippen molar-refractivity contribution in [1.82, 2.24) is 5.32 Å². The lowest BCUT2D eigenvalue weighted by Crippen LogP contribution is -2.25. The highest BCUT2D eigenvalue weighted by Gasteiger charge is 1.98. The van der Waals surface area contributed by atoms with Gasteiger partial charge < -0.3 is 15.6 Å². The van der Waals surface area contributed by atoms with Crippen molar-refractivity contribution in [2.45, 2.75) is 12.8 Å². The minimum absolute atomic E-state index is 0.0105. The first kappa shape index (κ1) is 10.4. The van der Waals surface area contributed by atoms with Crippen LogP contribution in [0.25, 0.3) is 0 Å². The molecule has 0 aromatic heterocycles. The first-order valence-corrected chi connectivity index (χ1v) is 3.34. The Balaban J connectivity index is 3.31. The number of rotatable bonds is 5. The maximum atomic E-state index is 10.5. The van der Waals surface area contributed by atoms with E-state index in [0.717, 1.165) is 0 Å². The molecule has 0 aliphatic rings. The van der Waals surface area contributed by atoms with Crippen molar-refractivity contribution < 1.29 is 19.9 Å². The van der Waals surface area contributed by atoms with E-state index in [9.17, 15) is 9.59 Å². The van der Waals surface area contributed by atoms with Crippen LogP contribution in [0.2, 0.25) is 0 Å². The Bertz CT molecular complexity index is 190. The molecule has 0 saturated heterocycles. The molecule has 0 rings (SSSR count). The SMILES string of the molecule is O=C(O)CCCNC(=O)/C=N/O. The molecule has 6 nitrogen and oxygen atoms in total. The Morgan fingerprint density at radius 1 is 1.50 bits per heavy atom. The van der Waals surface area contributed by atoms with E-state index in [1.807, 2.05) is 0 Å². The van der Waals surface area contributed by atoms with E-state index in [2.05, 4.69) is 10.5 Å². The predicted octanol–water partition coefficient (Wildman–Crippen LogP) is -0.573. The Hall–Kier alpha value is -1.59. The highest BCUT2D eigenvalue weighted by molar-refractivity contribution is 6.25. The fourth-order valence-electron chi connectivity index (χ4n) is 0.549. The largest absolute Gasteiger partial charge is 0.481 e. The zero-order valence-corrected chi connectivity index (χ0v) is 6.36. The number of oxime groups is 1. The second kappa shape index (κ2) is 6.14. The summed E-state index contributed by atoms with van der Waals surface area (Å²) >= 11 is 0. The molecular formula is C6H10N2O4. The molecule has 0 radical (unpaired) electrons. The molecule has 1 amide bonds. The Labute approximate surface area is 68.9 Å². The molecule has 12 heavy (non-hydrogen) atoms. The Kier molecular flexibility index (Phi) is 5.33. The molecule has 0 aliphatic carbocycles. The number of aliphatic carboxylic acids is 1. The van der Waals surface area contributed by atoms with Crippen LogP contribution in [0.15, 0.2) is 5.16 Å². The van der Waals surface area contributed by atoms with Gasteiger partial charge in [-0.2, -0.15) is 0 Å². The number of carbonyl (C=O) groups is 2. The van der Waals surface area contributed by atoms with Crippen LogP contribution in [0.5, 0.6) is 0 Å². The van der Waals surface area contributed by atoms with Gasteiger partial charge in [-0.25, -0.2) is 0 Å². The fourth-order valence-corrected chi connectivity index (χ4v) is 0.549. The molecule has 3 N–H and O–H groups in total. The highest BCUT2D eigenvalue weighted by atomic mass is 16.4. The van der Waals surface area contributed by atoms with E-state index in [4.69, 9.17) is 10.3 Å². The number of carboxylic acid groups (broad SMARTS) is 1. The van der Waals surface area contributed by atoms with Gasteiger partial charge in [-0.15, -0.1) is 0 Å². The van der Waals surface area contributed by atoms with Crippen molar-refractivity contribution in [3.05, 3.63) is 0 Å². The van der Waals surface area contributed by atoms with E-state index in [0.29, 0.717) is 12.6 Å². The molecular weight excluding hydrogens is 164 g/mol. The lowest BCUT2D eigenvalue weighted by Gasteiger charge is -1.97. The van der Waals surface area contributed by atoms with Crippen LogP contribution in [-0.2, 0) is 9.59 Å². The molecule has 0 spiro atoms. The van der Waals surface area contributed by atoms with E-state index >= 15 is 0 Å². The van der Waals surface area contributed by atoms with Crippen LogP contribution in [0.4, 0.5) is 0 Å². The summed E-state index contributed by atoms with van der Waals surface area (Å²) in [6.45, 7) is 0.261. The zero-order chi connectivity index (χ0) is 9.40. The second-order valence-corrected chi connectivity index (χ2v) is 2.03. The molecule has 0 aromatic rings. The minimum atomic E-state index is -0.903. The van der Waals surface area contributed by atoms with Crippen molar-refractivity contribution in [2.24, 2.45) is 5.16 Å². The summed E-state index contributed by atoms with van der Waals surface area (Å²) in [5.41, 5.74) is 0. The van der Waals surface area contributed by atoms with Gasteiger partial charge in [0.15, 0.2) is 0 Å². The van der Waals surface area contributed by atoms with Gasteiger partial charge in [-0.05, 0) is 6.42 Å². The normalized spacial score (nSPS) is 10.0. The van der Waals surface area contributed by atoms with Gasteiger partial charge in [0.1, 0.15) is 6.21 Å². The highest BCUT2D eigenvalue weighted by Crippen LogP contribution is 1.84. The van der Waals surface area contributed by atoms with Gasteiger partial charge in [0.25, 0.3) is 5.91 Å². The summed E-state index contributed by atoms with van der Waals surface area (Å²) in [7, 11) is 0. The summed E-state index contributed by atoms with van der Waals surface area (Å²) in [5, 5.41) is 20.9. The molecule has 0 fully saturated rings. The average Bonchev–Trinajstić information content (AvgIpc) is 1.98. The first-order chi connectivity index (χ1) is 5.66. The Morgan fingerprint density at radius 2 is 2.17 bits per heavy atom. The number of nitrogens with one attached hydrogen (secondary N) is 1. The maximum Gasteiger partial charge on any atom is 0.303 e. The van der Waals surface area contributed by atoms with Crippen molar-refractivity contribution in [2.75, 3.05) is 6.54 Å². The molecule has 6 heteroatoms. The number of amides is 1. The Morgan fingerprint density at radius 3 is 2.67 bits per heavy atom. The number of hydrogen-bond donors (Lipinski definition) is 3. The fraction of sp³-hybridized carbons (Fsp3) is 0.500. The van der Waals surface area contributed by atoms with Crippen molar-refractivity contribution in [1.29, 1.82) is 0 Å². The van der Waals surface area contributed by atoms with Gasteiger partial charge in [0.2, 0.25) is 0 Å². The zero-order valence-electron chi connectivity index (χ0n) is 6.36. The molecule has 68 valence electrons. The molecule has 0 aromatic carbocycles. The standard InChI is InChI=1S/C6H10N2O4/c9-5(4-8-12)7-3-1-2-6(10)11/h4,12H,1-3H2,(H,7,9)(H,10,11)/b8-4+. The van der Waals surface area contributed by atoms with Crippen LogP contribution < -0.4 is 5.32 Å². The van der Waals surface area contributed by atoms with Crippen molar-refractivity contribution in [3.8, 4) is 0 Å². The van der Waals surface area contributed by atoms with Crippen molar-refractivity contribution >= 4 is 18.1 Å². The number of nitrogens with zero attached hydrogens (tertiary/aromatic N) is 1. The van der Waals surface area contributed by atoms with Crippen molar-refractivity contribution in [3.63, 3.8) is 0 Å². The quantitative estimate of drug-likeness (QED) is 0.225. The third kappa shape index (κ3) is 6.53. The second-order valence-electron chi connectivity index (χ2n) is 2.03. The number of carbonyl (C=O) groups excluding carboxylic acids is 1. The van der Waals surface area contributed by atoms with Crippen LogP contribution in [0.3, 0.4) is 0 Å². The van der Waals surface area contributed by atoms with Gasteiger partial charge in [-0.3, -0.25) is 9.59 Å². The molecule has 0 unspecified atom stereocenters. The first-order valence-electron chi connectivity index (χ1n) is 3.34. The van der Waals surface area contributed by atoms with Gasteiger partial charge in [-0.1, -0.05) is 5.16 Å². The van der Waals surface area contributed by atoms with Gasteiger partial charge in [0.05, 0.1) is 0 Å². The summed E-state index contributed by atoms with van der Waals surface area (Å²) in [6, 6.07) is 0. The smallest absolute Gasteiger partial charge is 0.303 e. The van der Waals surface area contributed by atoms with E-state index in [-0.39, 0.29) is 13.0 Å². The average molecular weight is 174 g/mol. The monoisotopic (exact) mass is 174 g/mol. The molecule has 0 atom stereocenters. The minimum Gasteiger partial charge on any atom is -0.481 e. The summed E-state index contributed by atoms with van der Waals surface area (Å²) in [5.74, 6) is -1.44. The number of carboxylic acids is 1. The van der Waals surface area contributed by atoms with Gasteiger partial charge >= 0.3 is 5.97 Å².